The predicted molar refractivity (Wildman–Crippen MR) is 60.3 cm³/mol. The Balaban J connectivity index is 2.63. The summed E-state index contributed by atoms with van der Waals surface area (Å²) < 4.78 is 0.182. The number of hydrogen-bond donors (Lipinski definition) is 2. The molecule has 0 aromatic carbocycles. The number of H-pyrrole nitrogens is 1. The molecular formula is C7H4IN3O2S. The highest BCUT2D eigenvalue weighted by atomic mass is 127. The van der Waals surface area contributed by atoms with E-state index in [0.717, 1.165) is 0 Å². The van der Waals surface area contributed by atoms with Gasteiger partial charge in [0.25, 0.3) is 5.56 Å². The Hall–Kier alpha value is -0.960. The van der Waals surface area contributed by atoms with Gasteiger partial charge in [0, 0.05) is 5.38 Å². The fourth-order valence-corrected chi connectivity index (χ4v) is 1.69. The molecule has 7 heteroatoms. The summed E-state index contributed by atoms with van der Waals surface area (Å²) in [7, 11) is 0. The van der Waals surface area contributed by atoms with Gasteiger partial charge in [-0.05, 0) is 22.6 Å². The van der Waals surface area contributed by atoms with Crippen LogP contribution in [0.3, 0.4) is 0 Å². The first kappa shape index (κ1) is 9.59. The molecule has 2 aromatic heterocycles. The van der Waals surface area contributed by atoms with Gasteiger partial charge in [0.05, 0.1) is 5.51 Å². The molecule has 0 unspecified atom stereocenters. The van der Waals surface area contributed by atoms with E-state index < -0.39 is 0 Å². The van der Waals surface area contributed by atoms with Crippen molar-refractivity contribution in [1.29, 1.82) is 0 Å². The maximum atomic E-state index is 11.3. The summed E-state index contributed by atoms with van der Waals surface area (Å²) in [6.07, 6.45) is 0. The second kappa shape index (κ2) is 3.65. The van der Waals surface area contributed by atoms with Crippen molar-refractivity contribution >= 4 is 33.9 Å². The molecule has 0 fully saturated rings. The number of aromatic hydroxyl groups is 1. The highest BCUT2D eigenvalue weighted by molar-refractivity contribution is 14.1. The van der Waals surface area contributed by atoms with Crippen molar-refractivity contribution in [2.75, 3.05) is 0 Å². The molecule has 0 bridgehead atoms. The van der Waals surface area contributed by atoms with Gasteiger partial charge >= 0.3 is 0 Å². The van der Waals surface area contributed by atoms with E-state index in [0.29, 0.717) is 5.69 Å². The van der Waals surface area contributed by atoms with E-state index in [9.17, 15) is 9.90 Å². The van der Waals surface area contributed by atoms with Gasteiger partial charge in [0.1, 0.15) is 9.26 Å². The van der Waals surface area contributed by atoms with Crippen LogP contribution in [0.25, 0.3) is 11.5 Å². The Morgan fingerprint density at radius 2 is 2.36 bits per heavy atom. The van der Waals surface area contributed by atoms with Crippen LogP contribution in [-0.2, 0) is 0 Å². The summed E-state index contributed by atoms with van der Waals surface area (Å²) in [4.78, 5) is 21.6. The minimum absolute atomic E-state index is 0.182. The largest absolute Gasteiger partial charge is 0.492 e. The minimum Gasteiger partial charge on any atom is -0.492 e. The molecule has 0 amide bonds. The third-order valence-electron chi connectivity index (χ3n) is 1.52. The van der Waals surface area contributed by atoms with Crippen molar-refractivity contribution in [2.24, 2.45) is 0 Å². The molecule has 0 aliphatic heterocycles. The van der Waals surface area contributed by atoms with Gasteiger partial charge in [-0.1, -0.05) is 0 Å². The molecule has 0 saturated carbocycles. The summed E-state index contributed by atoms with van der Waals surface area (Å²) in [5, 5.41) is 11.1. The lowest BCUT2D eigenvalue weighted by molar-refractivity contribution is 0.447. The second-order valence-electron chi connectivity index (χ2n) is 2.43. The van der Waals surface area contributed by atoms with E-state index in [4.69, 9.17) is 0 Å². The lowest BCUT2D eigenvalue weighted by Crippen LogP contribution is -2.12. The minimum atomic E-state index is -0.360. The third-order valence-corrected chi connectivity index (χ3v) is 3.08. The lowest BCUT2D eigenvalue weighted by atomic mass is 10.4. The summed E-state index contributed by atoms with van der Waals surface area (Å²) in [5.41, 5.74) is 1.82. The summed E-state index contributed by atoms with van der Waals surface area (Å²) in [5.74, 6) is 0.0199. The van der Waals surface area contributed by atoms with Crippen LogP contribution >= 0.6 is 33.9 Å². The van der Waals surface area contributed by atoms with Crippen LogP contribution in [-0.4, -0.2) is 20.1 Å². The van der Waals surface area contributed by atoms with Gasteiger partial charge in [-0.15, -0.1) is 11.3 Å². The Bertz CT molecular complexity index is 508. The molecule has 0 spiro atoms. The predicted octanol–water partition coefficient (Wildman–Crippen LogP) is 1.20. The summed E-state index contributed by atoms with van der Waals surface area (Å²) in [6.45, 7) is 0. The number of nitrogens with one attached hydrogen (secondary N) is 1. The molecule has 0 saturated heterocycles. The number of thiazole rings is 1. The fraction of sp³-hybridized carbons (Fsp3) is 0. The zero-order chi connectivity index (χ0) is 10.1. The molecular weight excluding hydrogens is 317 g/mol. The molecule has 2 rings (SSSR count). The molecule has 5 nitrogen and oxygen atoms in total. The van der Waals surface area contributed by atoms with Crippen molar-refractivity contribution in [3.8, 4) is 17.4 Å². The highest BCUT2D eigenvalue weighted by Crippen LogP contribution is 2.17. The first-order valence-corrected chi connectivity index (χ1v) is 5.58. The molecule has 2 N–H and O–H groups in total. The number of hydrogen-bond acceptors (Lipinski definition) is 5. The van der Waals surface area contributed by atoms with Crippen LogP contribution in [0.1, 0.15) is 0 Å². The van der Waals surface area contributed by atoms with Crippen LogP contribution in [0.2, 0.25) is 0 Å². The second-order valence-corrected chi connectivity index (χ2v) is 4.22. The van der Waals surface area contributed by atoms with Gasteiger partial charge in [-0.3, -0.25) is 4.79 Å². The summed E-state index contributed by atoms with van der Waals surface area (Å²) >= 11 is 3.12. The zero-order valence-corrected chi connectivity index (χ0v) is 9.66. The third kappa shape index (κ3) is 1.64. The van der Waals surface area contributed by atoms with Crippen LogP contribution < -0.4 is 5.56 Å². The van der Waals surface area contributed by atoms with Gasteiger partial charge < -0.3 is 10.1 Å². The van der Waals surface area contributed by atoms with Crippen LogP contribution in [0.15, 0.2) is 15.7 Å². The van der Waals surface area contributed by atoms with Gasteiger partial charge in [-0.25, -0.2) is 4.98 Å². The quantitative estimate of drug-likeness (QED) is 0.774. The Kier molecular flexibility index (Phi) is 2.50. The Morgan fingerprint density at radius 1 is 1.57 bits per heavy atom. The van der Waals surface area contributed by atoms with Crippen LogP contribution in [0, 0.1) is 3.57 Å². The molecule has 0 atom stereocenters. The van der Waals surface area contributed by atoms with Gasteiger partial charge in [-0.2, -0.15) is 4.98 Å². The zero-order valence-electron chi connectivity index (χ0n) is 6.69. The maximum Gasteiger partial charge on any atom is 0.268 e. The van der Waals surface area contributed by atoms with Crippen LogP contribution in [0.4, 0.5) is 0 Å². The monoisotopic (exact) mass is 321 g/mol. The molecule has 2 aromatic rings. The molecule has 0 radical (unpaired) electrons. The van der Waals surface area contributed by atoms with Crippen molar-refractivity contribution in [2.45, 2.75) is 0 Å². The molecule has 0 aliphatic rings. The first-order chi connectivity index (χ1) is 6.68. The molecule has 72 valence electrons. The molecule has 2 heterocycles. The maximum absolute atomic E-state index is 11.3. The average molecular weight is 321 g/mol. The summed E-state index contributed by atoms with van der Waals surface area (Å²) in [6, 6.07) is 0. The van der Waals surface area contributed by atoms with Crippen LogP contribution in [0.5, 0.6) is 5.88 Å². The first-order valence-electron chi connectivity index (χ1n) is 3.56. The van der Waals surface area contributed by atoms with E-state index in [-0.39, 0.29) is 20.8 Å². The molecule has 14 heavy (non-hydrogen) atoms. The molecule has 0 aliphatic carbocycles. The van der Waals surface area contributed by atoms with E-state index >= 15 is 0 Å². The van der Waals surface area contributed by atoms with Crippen molar-refractivity contribution in [3.63, 3.8) is 0 Å². The van der Waals surface area contributed by atoms with E-state index in [2.05, 4.69) is 15.0 Å². The van der Waals surface area contributed by atoms with Crippen molar-refractivity contribution < 1.29 is 5.11 Å². The SMILES string of the molecule is O=c1[nH]c(-c2cscn2)nc(O)c1I. The Labute approximate surface area is 96.0 Å². The number of halogens is 1. The fourth-order valence-electron chi connectivity index (χ4n) is 0.898. The number of aromatic nitrogens is 3. The van der Waals surface area contributed by atoms with E-state index in [1.54, 1.807) is 33.5 Å². The van der Waals surface area contributed by atoms with Crippen molar-refractivity contribution in [3.05, 3.63) is 24.8 Å². The van der Waals surface area contributed by atoms with E-state index in [1.165, 1.54) is 11.3 Å². The topological polar surface area (TPSA) is 78.9 Å². The lowest BCUT2D eigenvalue weighted by Gasteiger charge is -1.98. The number of nitrogens with zero attached hydrogens (tertiary/aromatic N) is 2. The van der Waals surface area contributed by atoms with E-state index in [1.807, 2.05) is 0 Å². The highest BCUT2D eigenvalue weighted by Gasteiger charge is 2.09. The Morgan fingerprint density at radius 3 is 2.93 bits per heavy atom. The van der Waals surface area contributed by atoms with Gasteiger partial charge in [0.2, 0.25) is 5.88 Å². The van der Waals surface area contributed by atoms with Gasteiger partial charge in [0.15, 0.2) is 5.82 Å². The normalized spacial score (nSPS) is 10.4. The number of aromatic amines is 1. The average Bonchev–Trinajstić information content (AvgIpc) is 2.66. The standard InChI is InChI=1S/C7H4IN3O2S/c8-4-6(12)10-5(11-7(4)13)3-1-14-2-9-3/h1-2H,(H2,10,11,12,13). The number of rotatable bonds is 1. The smallest absolute Gasteiger partial charge is 0.268 e. The van der Waals surface area contributed by atoms with Crippen molar-refractivity contribution in [1.82, 2.24) is 15.0 Å².